The molecule has 0 radical (unpaired) electrons. The summed E-state index contributed by atoms with van der Waals surface area (Å²) in [6, 6.07) is -0.815. The van der Waals surface area contributed by atoms with Crippen LogP contribution in [0.1, 0.15) is 33.6 Å². The van der Waals surface area contributed by atoms with Crippen molar-refractivity contribution >= 4 is 11.9 Å². The number of nitrogens with zero attached hydrogens (tertiary/aromatic N) is 3. The molecule has 0 saturated heterocycles. The molecule has 3 N–H and O–H groups in total. The fourth-order valence-corrected chi connectivity index (χ4v) is 1.39. The predicted octanol–water partition coefficient (Wildman–Crippen LogP) is 0.879. The molecule has 1 amide bonds. The van der Waals surface area contributed by atoms with E-state index in [0.717, 1.165) is 0 Å². The van der Waals surface area contributed by atoms with Crippen molar-refractivity contribution in [2.45, 2.75) is 45.3 Å². The Hall–Kier alpha value is -1.83. The van der Waals surface area contributed by atoms with Gasteiger partial charge in [-0.1, -0.05) is 5.11 Å². The van der Waals surface area contributed by atoms with Crippen LogP contribution in [0.3, 0.4) is 0 Å². The molecular formula is C13H25N5O4. The highest BCUT2D eigenvalue weighted by molar-refractivity contribution is 5.79. The molecule has 9 nitrogen and oxygen atoms in total. The van der Waals surface area contributed by atoms with Gasteiger partial charge in [0.1, 0.15) is 11.6 Å². The molecule has 1 atom stereocenters. The summed E-state index contributed by atoms with van der Waals surface area (Å²) in [6.45, 7) is 6.50. The van der Waals surface area contributed by atoms with Gasteiger partial charge in [-0.25, -0.2) is 0 Å². The Labute approximate surface area is 130 Å². The van der Waals surface area contributed by atoms with Crippen molar-refractivity contribution in [2.24, 2.45) is 10.8 Å². The average molecular weight is 315 g/mol. The molecule has 0 heterocycles. The first-order valence-electron chi connectivity index (χ1n) is 7.10. The lowest BCUT2D eigenvalue weighted by atomic mass is 10.1. The van der Waals surface area contributed by atoms with Gasteiger partial charge in [0.05, 0.1) is 13.2 Å². The topological polar surface area (TPSA) is 139 Å². The van der Waals surface area contributed by atoms with Gasteiger partial charge in [-0.3, -0.25) is 9.59 Å². The molecule has 0 aliphatic heterocycles. The fourth-order valence-electron chi connectivity index (χ4n) is 1.39. The Morgan fingerprint density at radius 1 is 1.36 bits per heavy atom. The van der Waals surface area contributed by atoms with E-state index in [1.165, 1.54) is 0 Å². The van der Waals surface area contributed by atoms with Crippen LogP contribution in [0.4, 0.5) is 0 Å². The van der Waals surface area contributed by atoms with Gasteiger partial charge < -0.3 is 20.5 Å². The van der Waals surface area contributed by atoms with Crippen LogP contribution >= 0.6 is 0 Å². The molecule has 0 fully saturated rings. The highest BCUT2D eigenvalue weighted by Crippen LogP contribution is 2.09. The molecule has 0 bridgehead atoms. The van der Waals surface area contributed by atoms with Gasteiger partial charge in [0, 0.05) is 24.4 Å². The van der Waals surface area contributed by atoms with E-state index in [9.17, 15) is 9.59 Å². The second-order valence-electron chi connectivity index (χ2n) is 5.60. The SMILES string of the molecule is CC(C)(C)OC(=O)C(N)CCC(=O)NCCOCCN=[N+]=[N-]. The first-order valence-corrected chi connectivity index (χ1v) is 7.10. The van der Waals surface area contributed by atoms with Crippen LogP contribution in [0.25, 0.3) is 10.4 Å². The number of carbonyl (C=O) groups excluding carboxylic acids is 2. The summed E-state index contributed by atoms with van der Waals surface area (Å²) in [5.74, 6) is -0.723. The van der Waals surface area contributed by atoms with E-state index in [0.29, 0.717) is 19.8 Å². The minimum atomic E-state index is -0.815. The number of hydrogen-bond acceptors (Lipinski definition) is 6. The van der Waals surface area contributed by atoms with Gasteiger partial charge in [-0.15, -0.1) is 0 Å². The van der Waals surface area contributed by atoms with Crippen molar-refractivity contribution < 1.29 is 19.1 Å². The second kappa shape index (κ2) is 10.8. The van der Waals surface area contributed by atoms with Gasteiger partial charge in [0.25, 0.3) is 0 Å². The summed E-state index contributed by atoms with van der Waals surface area (Å²) in [4.78, 5) is 25.8. The Morgan fingerprint density at radius 2 is 2.05 bits per heavy atom. The molecule has 0 spiro atoms. The standard InChI is InChI=1S/C13H25N5O4/c1-13(2,3)22-12(20)10(14)4-5-11(19)16-6-8-21-9-7-17-18-15/h10H,4-9,14H2,1-3H3,(H,16,19). The third-order valence-electron chi connectivity index (χ3n) is 2.36. The summed E-state index contributed by atoms with van der Waals surface area (Å²) in [6.07, 6.45) is 0.359. The van der Waals surface area contributed by atoms with E-state index in [2.05, 4.69) is 15.3 Å². The molecule has 0 saturated carbocycles. The summed E-state index contributed by atoms with van der Waals surface area (Å²) >= 11 is 0. The van der Waals surface area contributed by atoms with Gasteiger partial charge in [0.2, 0.25) is 5.91 Å². The van der Waals surface area contributed by atoms with Gasteiger partial charge >= 0.3 is 5.97 Å². The van der Waals surface area contributed by atoms with E-state index in [1.54, 1.807) is 20.8 Å². The second-order valence-corrected chi connectivity index (χ2v) is 5.60. The van der Waals surface area contributed by atoms with Gasteiger partial charge in [-0.05, 0) is 32.7 Å². The molecule has 22 heavy (non-hydrogen) atoms. The van der Waals surface area contributed by atoms with Gasteiger partial charge in [0.15, 0.2) is 0 Å². The zero-order chi connectivity index (χ0) is 17.0. The molecule has 1 unspecified atom stereocenters. The minimum absolute atomic E-state index is 0.138. The summed E-state index contributed by atoms with van der Waals surface area (Å²) < 4.78 is 10.3. The van der Waals surface area contributed by atoms with Crippen molar-refractivity contribution in [2.75, 3.05) is 26.3 Å². The monoisotopic (exact) mass is 315 g/mol. The van der Waals surface area contributed by atoms with Crippen LogP contribution in [0.2, 0.25) is 0 Å². The molecule has 0 aromatic rings. The third kappa shape index (κ3) is 12.0. The number of hydrogen-bond donors (Lipinski definition) is 2. The van der Waals surface area contributed by atoms with E-state index in [-0.39, 0.29) is 25.3 Å². The maximum atomic E-state index is 11.6. The van der Waals surface area contributed by atoms with E-state index >= 15 is 0 Å². The quantitative estimate of drug-likeness (QED) is 0.202. The van der Waals surface area contributed by atoms with E-state index in [1.807, 2.05) is 0 Å². The van der Waals surface area contributed by atoms with Crippen LogP contribution in [0.5, 0.6) is 0 Å². The maximum Gasteiger partial charge on any atom is 0.323 e. The number of esters is 1. The lowest BCUT2D eigenvalue weighted by molar-refractivity contribution is -0.156. The molecule has 0 rings (SSSR count). The van der Waals surface area contributed by atoms with Crippen molar-refractivity contribution in [1.82, 2.24) is 5.32 Å². The number of nitrogens with two attached hydrogens (primary N) is 1. The van der Waals surface area contributed by atoms with Gasteiger partial charge in [-0.2, -0.15) is 0 Å². The fraction of sp³-hybridized carbons (Fsp3) is 0.846. The molecule has 9 heteroatoms. The number of amides is 1. The molecule has 0 aliphatic carbocycles. The zero-order valence-electron chi connectivity index (χ0n) is 13.4. The first kappa shape index (κ1) is 20.2. The minimum Gasteiger partial charge on any atom is -0.459 e. The number of ether oxygens (including phenoxy) is 2. The van der Waals surface area contributed by atoms with E-state index < -0.39 is 17.6 Å². The molecular weight excluding hydrogens is 290 g/mol. The Morgan fingerprint density at radius 3 is 2.64 bits per heavy atom. The van der Waals surface area contributed by atoms with Crippen LogP contribution in [0.15, 0.2) is 5.11 Å². The first-order chi connectivity index (χ1) is 10.3. The summed E-state index contributed by atoms with van der Waals surface area (Å²) in [5, 5.41) is 5.95. The average Bonchev–Trinajstić information content (AvgIpc) is 2.41. The van der Waals surface area contributed by atoms with Crippen molar-refractivity contribution in [3.8, 4) is 0 Å². The highest BCUT2D eigenvalue weighted by atomic mass is 16.6. The lowest BCUT2D eigenvalue weighted by Gasteiger charge is -2.22. The van der Waals surface area contributed by atoms with Crippen LogP contribution in [0, 0.1) is 0 Å². The van der Waals surface area contributed by atoms with E-state index in [4.69, 9.17) is 20.7 Å². The smallest absolute Gasteiger partial charge is 0.323 e. The number of rotatable bonds is 10. The lowest BCUT2D eigenvalue weighted by Crippen LogP contribution is -2.38. The number of carbonyl (C=O) groups is 2. The predicted molar refractivity (Wildman–Crippen MR) is 80.9 cm³/mol. The maximum absolute atomic E-state index is 11.6. The number of nitrogens with one attached hydrogen (secondary N) is 1. The largest absolute Gasteiger partial charge is 0.459 e. The van der Waals surface area contributed by atoms with Crippen molar-refractivity contribution in [3.63, 3.8) is 0 Å². The normalized spacial score (nSPS) is 12.2. The molecule has 0 aromatic carbocycles. The molecule has 0 aromatic heterocycles. The highest BCUT2D eigenvalue weighted by Gasteiger charge is 2.22. The molecule has 0 aliphatic rings. The Balaban J connectivity index is 3.72. The van der Waals surface area contributed by atoms with Crippen molar-refractivity contribution in [3.05, 3.63) is 10.4 Å². The Bertz CT molecular complexity index is 402. The summed E-state index contributed by atoms with van der Waals surface area (Å²) in [7, 11) is 0. The Kier molecular flexibility index (Phi) is 9.93. The van der Waals surface area contributed by atoms with Crippen molar-refractivity contribution in [1.29, 1.82) is 0 Å². The zero-order valence-corrected chi connectivity index (χ0v) is 13.4. The van der Waals surface area contributed by atoms with Crippen LogP contribution < -0.4 is 11.1 Å². The molecule has 126 valence electrons. The summed E-state index contributed by atoms with van der Waals surface area (Å²) in [5.41, 5.74) is 13.1. The van der Waals surface area contributed by atoms with Crippen LogP contribution in [-0.4, -0.2) is 49.8 Å². The third-order valence-corrected chi connectivity index (χ3v) is 2.36. The number of azide groups is 1. The van der Waals surface area contributed by atoms with Crippen LogP contribution in [-0.2, 0) is 19.1 Å².